The average molecular weight is 274 g/mol. The molecule has 112 valence electrons. The van der Waals surface area contributed by atoms with E-state index >= 15 is 0 Å². The predicted octanol–water partition coefficient (Wildman–Crippen LogP) is 5.44. The van der Waals surface area contributed by atoms with Crippen molar-refractivity contribution in [3.05, 3.63) is 11.6 Å². The molecule has 0 radical (unpaired) electrons. The molecule has 0 amide bonds. The molecule has 1 heteroatoms. The van der Waals surface area contributed by atoms with E-state index in [-0.39, 0.29) is 0 Å². The van der Waals surface area contributed by atoms with Crippen LogP contribution in [0.25, 0.3) is 0 Å². The molecule has 0 bridgehead atoms. The zero-order valence-corrected chi connectivity index (χ0v) is 12.9. The molecule has 3 atom stereocenters. The largest absolute Gasteiger partial charge is 0.294 e. The Morgan fingerprint density at radius 3 is 2.55 bits per heavy atom. The van der Waals surface area contributed by atoms with E-state index in [0.29, 0.717) is 11.7 Å². The van der Waals surface area contributed by atoms with Crippen LogP contribution >= 0.6 is 0 Å². The molecule has 0 heterocycles. The van der Waals surface area contributed by atoms with E-state index in [4.69, 9.17) is 0 Å². The van der Waals surface area contributed by atoms with E-state index < -0.39 is 0 Å². The summed E-state index contributed by atoms with van der Waals surface area (Å²) in [4.78, 5) is 12.8. The first-order chi connectivity index (χ1) is 9.84. The van der Waals surface area contributed by atoms with Crippen LogP contribution in [-0.4, -0.2) is 5.78 Å². The number of carbonyl (C=O) groups is 1. The van der Waals surface area contributed by atoms with Gasteiger partial charge in [-0.3, -0.25) is 4.79 Å². The maximum absolute atomic E-state index is 12.8. The summed E-state index contributed by atoms with van der Waals surface area (Å²) >= 11 is 0. The van der Waals surface area contributed by atoms with Gasteiger partial charge in [0.1, 0.15) is 0 Å². The van der Waals surface area contributed by atoms with Gasteiger partial charge in [-0.15, -0.1) is 0 Å². The zero-order chi connectivity index (χ0) is 13.8. The predicted molar refractivity (Wildman–Crippen MR) is 83.6 cm³/mol. The van der Waals surface area contributed by atoms with Gasteiger partial charge in [-0.05, 0) is 62.4 Å². The molecule has 0 N–H and O–H groups in total. The van der Waals surface area contributed by atoms with Crippen molar-refractivity contribution in [2.24, 2.45) is 17.8 Å². The fourth-order valence-electron chi connectivity index (χ4n) is 4.79. The van der Waals surface area contributed by atoms with Crippen LogP contribution in [0.4, 0.5) is 0 Å². The zero-order valence-electron chi connectivity index (χ0n) is 12.9. The van der Waals surface area contributed by atoms with Gasteiger partial charge in [0.2, 0.25) is 0 Å². The highest BCUT2D eigenvalue weighted by atomic mass is 16.1. The molecule has 0 aliphatic heterocycles. The van der Waals surface area contributed by atoms with Gasteiger partial charge in [-0.2, -0.15) is 0 Å². The van der Waals surface area contributed by atoms with Crippen molar-refractivity contribution in [3.63, 3.8) is 0 Å². The molecule has 2 fully saturated rings. The minimum absolute atomic E-state index is 0.375. The molecule has 20 heavy (non-hydrogen) atoms. The smallest absolute Gasteiger partial charge is 0.161 e. The molecule has 2 saturated carbocycles. The van der Waals surface area contributed by atoms with Crippen molar-refractivity contribution in [2.75, 3.05) is 0 Å². The quantitative estimate of drug-likeness (QED) is 0.655. The van der Waals surface area contributed by atoms with Crippen LogP contribution in [0.1, 0.15) is 83.5 Å². The lowest BCUT2D eigenvalue weighted by Gasteiger charge is -2.39. The Morgan fingerprint density at radius 1 is 0.850 bits per heavy atom. The van der Waals surface area contributed by atoms with Gasteiger partial charge in [0.15, 0.2) is 5.78 Å². The Balaban J connectivity index is 1.61. The Hall–Kier alpha value is -0.590. The summed E-state index contributed by atoms with van der Waals surface area (Å²) in [6.45, 7) is 0. The maximum Gasteiger partial charge on any atom is 0.161 e. The number of fused-ring (bicyclic) bond motifs is 1. The summed E-state index contributed by atoms with van der Waals surface area (Å²) in [5.41, 5.74) is 1.20. The molecular formula is C19H30O. The van der Waals surface area contributed by atoms with E-state index in [0.717, 1.165) is 24.7 Å². The highest BCUT2D eigenvalue weighted by Crippen LogP contribution is 2.43. The molecule has 0 spiro atoms. The SMILES string of the molecule is O=C(C1=CCCCCCC1)C1CCC2CCCCC2C1. The lowest BCUT2D eigenvalue weighted by Crippen LogP contribution is -2.31. The third-order valence-electron chi connectivity index (χ3n) is 6.02. The standard InChI is InChI=1S/C19H30O/c20-19(16-9-4-2-1-3-5-10-16)18-13-12-15-8-6-7-11-17(15)14-18/h9,15,17-18H,1-8,10-14H2. The maximum atomic E-state index is 12.8. The van der Waals surface area contributed by atoms with Crippen LogP contribution in [0, 0.1) is 17.8 Å². The normalized spacial score (nSPS) is 35.4. The number of Topliss-reactive ketones (excluding diaryl/α,β-unsaturated/α-hetero) is 1. The highest BCUT2D eigenvalue weighted by Gasteiger charge is 2.35. The Bertz CT molecular complexity index is 368. The molecule has 3 rings (SSSR count). The molecule has 3 aliphatic rings. The van der Waals surface area contributed by atoms with Crippen LogP contribution in [0.3, 0.4) is 0 Å². The first-order valence-electron chi connectivity index (χ1n) is 9.08. The molecular weight excluding hydrogens is 244 g/mol. The van der Waals surface area contributed by atoms with Crippen LogP contribution in [0.2, 0.25) is 0 Å². The number of carbonyl (C=O) groups excluding carboxylic acids is 1. The Kier molecular flexibility index (Phi) is 4.96. The molecule has 0 saturated heterocycles. The van der Waals surface area contributed by atoms with Gasteiger partial charge < -0.3 is 0 Å². The number of hydrogen-bond acceptors (Lipinski definition) is 1. The van der Waals surface area contributed by atoms with Gasteiger partial charge in [0, 0.05) is 5.92 Å². The first-order valence-corrected chi connectivity index (χ1v) is 9.08. The highest BCUT2D eigenvalue weighted by molar-refractivity contribution is 5.97. The van der Waals surface area contributed by atoms with Crippen LogP contribution in [0.5, 0.6) is 0 Å². The van der Waals surface area contributed by atoms with Crippen molar-refractivity contribution in [3.8, 4) is 0 Å². The number of rotatable bonds is 2. The van der Waals surface area contributed by atoms with E-state index in [1.165, 1.54) is 76.2 Å². The van der Waals surface area contributed by atoms with E-state index in [9.17, 15) is 4.79 Å². The van der Waals surface area contributed by atoms with Crippen molar-refractivity contribution in [1.29, 1.82) is 0 Å². The third-order valence-corrected chi connectivity index (χ3v) is 6.02. The fraction of sp³-hybridized carbons (Fsp3) is 0.842. The Morgan fingerprint density at radius 2 is 1.65 bits per heavy atom. The van der Waals surface area contributed by atoms with E-state index in [2.05, 4.69) is 6.08 Å². The summed E-state index contributed by atoms with van der Waals surface area (Å²) in [6, 6.07) is 0. The second-order valence-electron chi connectivity index (χ2n) is 7.36. The number of allylic oxidation sites excluding steroid dienone is 2. The van der Waals surface area contributed by atoms with Gasteiger partial charge in [-0.25, -0.2) is 0 Å². The van der Waals surface area contributed by atoms with Crippen LogP contribution in [-0.2, 0) is 4.79 Å². The van der Waals surface area contributed by atoms with Crippen molar-refractivity contribution in [1.82, 2.24) is 0 Å². The molecule has 3 aliphatic carbocycles. The van der Waals surface area contributed by atoms with E-state index in [1.54, 1.807) is 0 Å². The lowest BCUT2D eigenvalue weighted by atomic mass is 9.66. The van der Waals surface area contributed by atoms with Crippen molar-refractivity contribution < 1.29 is 4.79 Å². The molecule has 0 aromatic rings. The minimum atomic E-state index is 0.375. The van der Waals surface area contributed by atoms with Gasteiger partial charge in [0.05, 0.1) is 0 Å². The number of hydrogen-bond donors (Lipinski definition) is 0. The average Bonchev–Trinajstić information content (AvgIpc) is 2.46. The second kappa shape index (κ2) is 6.91. The summed E-state index contributed by atoms with van der Waals surface area (Å²) in [7, 11) is 0. The molecule has 1 nitrogen and oxygen atoms in total. The second-order valence-corrected chi connectivity index (χ2v) is 7.36. The minimum Gasteiger partial charge on any atom is -0.294 e. The first kappa shape index (κ1) is 14.4. The van der Waals surface area contributed by atoms with Crippen LogP contribution < -0.4 is 0 Å². The molecule has 3 unspecified atom stereocenters. The monoisotopic (exact) mass is 274 g/mol. The van der Waals surface area contributed by atoms with Crippen LogP contribution in [0.15, 0.2) is 11.6 Å². The lowest BCUT2D eigenvalue weighted by molar-refractivity contribution is -0.121. The van der Waals surface area contributed by atoms with Gasteiger partial charge >= 0.3 is 0 Å². The summed E-state index contributed by atoms with van der Waals surface area (Å²) in [5, 5.41) is 0. The third kappa shape index (κ3) is 3.35. The number of ketones is 1. The molecule has 0 aromatic heterocycles. The molecule has 0 aromatic carbocycles. The summed E-state index contributed by atoms with van der Waals surface area (Å²) in [6.07, 6.45) is 19.1. The van der Waals surface area contributed by atoms with Gasteiger partial charge in [0.25, 0.3) is 0 Å². The topological polar surface area (TPSA) is 17.1 Å². The fourth-order valence-corrected chi connectivity index (χ4v) is 4.79. The van der Waals surface area contributed by atoms with Crippen molar-refractivity contribution in [2.45, 2.75) is 83.5 Å². The summed E-state index contributed by atoms with van der Waals surface area (Å²) in [5.74, 6) is 2.75. The van der Waals surface area contributed by atoms with Gasteiger partial charge in [-0.1, -0.05) is 44.6 Å². The van der Waals surface area contributed by atoms with Crippen molar-refractivity contribution >= 4 is 5.78 Å². The van der Waals surface area contributed by atoms with E-state index in [1.807, 2.05) is 0 Å². The summed E-state index contributed by atoms with van der Waals surface area (Å²) < 4.78 is 0. The Labute approximate surface area is 124 Å².